The molecular weight excluding hydrogens is 294 g/mol. The summed E-state index contributed by atoms with van der Waals surface area (Å²) in [4.78, 5) is 12.1. The molecule has 3 nitrogen and oxygen atoms in total. The highest BCUT2D eigenvalue weighted by atomic mass is 79.9. The second kappa shape index (κ2) is 6.34. The second-order valence-corrected chi connectivity index (χ2v) is 5.81. The first-order valence-electron chi connectivity index (χ1n) is 6.36. The predicted molar refractivity (Wildman–Crippen MR) is 74.4 cm³/mol. The molecule has 0 spiro atoms. The highest BCUT2D eigenvalue weighted by molar-refractivity contribution is 9.10. The summed E-state index contributed by atoms with van der Waals surface area (Å²) in [6.07, 6.45) is 4.04. The number of aliphatic hydroxyl groups is 1. The summed E-state index contributed by atoms with van der Waals surface area (Å²) in [7, 11) is 0. The van der Waals surface area contributed by atoms with Crippen molar-refractivity contribution in [2.45, 2.75) is 31.7 Å². The van der Waals surface area contributed by atoms with Crippen molar-refractivity contribution in [1.82, 2.24) is 5.32 Å². The van der Waals surface area contributed by atoms with Gasteiger partial charge < -0.3 is 10.4 Å². The molecule has 2 unspecified atom stereocenters. The Morgan fingerprint density at radius 2 is 2.28 bits per heavy atom. The topological polar surface area (TPSA) is 49.3 Å². The van der Waals surface area contributed by atoms with Crippen molar-refractivity contribution in [3.05, 3.63) is 34.3 Å². The van der Waals surface area contributed by atoms with E-state index in [1.165, 1.54) is 0 Å². The number of hydrogen-bond donors (Lipinski definition) is 2. The van der Waals surface area contributed by atoms with Gasteiger partial charge in [0.05, 0.1) is 0 Å². The van der Waals surface area contributed by atoms with E-state index in [1.54, 1.807) is 0 Å². The Morgan fingerprint density at radius 3 is 3.00 bits per heavy atom. The van der Waals surface area contributed by atoms with Gasteiger partial charge in [0.15, 0.2) is 0 Å². The summed E-state index contributed by atoms with van der Waals surface area (Å²) in [6, 6.07) is 7.59. The molecule has 0 saturated heterocycles. The first-order chi connectivity index (χ1) is 8.69. The van der Waals surface area contributed by atoms with Crippen LogP contribution in [0.15, 0.2) is 28.7 Å². The fourth-order valence-corrected chi connectivity index (χ4v) is 2.89. The molecule has 0 bridgehead atoms. The molecule has 1 saturated carbocycles. The van der Waals surface area contributed by atoms with Crippen molar-refractivity contribution >= 4 is 21.8 Å². The highest BCUT2D eigenvalue weighted by Gasteiger charge is 2.23. The van der Waals surface area contributed by atoms with E-state index in [4.69, 9.17) is 0 Å². The fraction of sp³-hybridized carbons (Fsp3) is 0.500. The molecule has 1 aromatic rings. The number of aliphatic hydroxyl groups excluding tert-OH is 1. The third kappa shape index (κ3) is 3.56. The fourth-order valence-electron chi connectivity index (χ4n) is 2.49. The van der Waals surface area contributed by atoms with Crippen LogP contribution in [0.1, 0.15) is 36.0 Å². The lowest BCUT2D eigenvalue weighted by Crippen LogP contribution is -2.39. The van der Waals surface area contributed by atoms with Gasteiger partial charge in [0.2, 0.25) is 0 Å². The lowest BCUT2D eigenvalue weighted by Gasteiger charge is -2.28. The predicted octanol–water partition coefficient (Wildman–Crippen LogP) is 2.73. The second-order valence-electron chi connectivity index (χ2n) is 4.90. The lowest BCUT2D eigenvalue weighted by molar-refractivity contribution is 0.0906. The number of rotatable bonds is 3. The van der Waals surface area contributed by atoms with Gasteiger partial charge in [-0.05, 0) is 43.4 Å². The van der Waals surface area contributed by atoms with E-state index < -0.39 is 0 Å². The van der Waals surface area contributed by atoms with Crippen LogP contribution in [0.4, 0.5) is 0 Å². The Labute approximate surface area is 116 Å². The van der Waals surface area contributed by atoms with Gasteiger partial charge in [-0.2, -0.15) is 0 Å². The molecule has 2 atom stereocenters. The zero-order valence-corrected chi connectivity index (χ0v) is 11.8. The third-order valence-electron chi connectivity index (χ3n) is 3.46. The minimum atomic E-state index is -0.0279. The number of nitrogens with one attached hydrogen (secondary N) is 1. The Hall–Kier alpha value is -0.870. The van der Waals surface area contributed by atoms with Crippen LogP contribution in [-0.4, -0.2) is 23.7 Å². The molecule has 1 aliphatic rings. The molecule has 1 amide bonds. The van der Waals surface area contributed by atoms with Crippen LogP contribution in [-0.2, 0) is 0 Å². The van der Waals surface area contributed by atoms with Crippen LogP contribution in [0.2, 0.25) is 0 Å². The first-order valence-corrected chi connectivity index (χ1v) is 7.15. The average Bonchev–Trinajstić information content (AvgIpc) is 2.39. The van der Waals surface area contributed by atoms with Gasteiger partial charge >= 0.3 is 0 Å². The quantitative estimate of drug-likeness (QED) is 0.901. The summed E-state index contributed by atoms with van der Waals surface area (Å²) < 4.78 is 0.909. The molecule has 0 aliphatic heterocycles. The molecule has 0 heterocycles. The van der Waals surface area contributed by atoms with E-state index in [0.717, 1.165) is 30.2 Å². The minimum Gasteiger partial charge on any atom is -0.396 e. The maximum atomic E-state index is 12.1. The van der Waals surface area contributed by atoms with E-state index in [9.17, 15) is 9.90 Å². The van der Waals surface area contributed by atoms with Crippen molar-refractivity contribution in [3.8, 4) is 0 Å². The minimum absolute atomic E-state index is 0.0279. The van der Waals surface area contributed by atoms with Crippen molar-refractivity contribution in [2.24, 2.45) is 5.92 Å². The van der Waals surface area contributed by atoms with Crippen LogP contribution < -0.4 is 5.32 Å². The third-order valence-corrected chi connectivity index (χ3v) is 3.96. The first kappa shape index (κ1) is 13.6. The SMILES string of the molecule is O=C(NC1CCCC(CO)C1)c1cccc(Br)c1. The lowest BCUT2D eigenvalue weighted by atomic mass is 9.86. The largest absolute Gasteiger partial charge is 0.396 e. The Kier molecular flexibility index (Phi) is 4.78. The van der Waals surface area contributed by atoms with Crippen LogP contribution in [0.25, 0.3) is 0 Å². The molecule has 1 aromatic carbocycles. The summed E-state index contributed by atoms with van der Waals surface area (Å²) in [5.41, 5.74) is 0.676. The van der Waals surface area contributed by atoms with E-state index in [2.05, 4.69) is 21.2 Å². The number of halogens is 1. The molecule has 2 N–H and O–H groups in total. The maximum absolute atomic E-state index is 12.1. The molecule has 0 aromatic heterocycles. The smallest absolute Gasteiger partial charge is 0.251 e. The van der Waals surface area contributed by atoms with E-state index >= 15 is 0 Å². The van der Waals surface area contributed by atoms with Crippen molar-refractivity contribution in [2.75, 3.05) is 6.61 Å². The standard InChI is InChI=1S/C14H18BrNO2/c15-12-5-2-4-11(8-12)14(18)16-13-6-1-3-10(7-13)9-17/h2,4-5,8,10,13,17H,1,3,6-7,9H2,(H,16,18). The number of carbonyl (C=O) groups is 1. The van der Waals surface area contributed by atoms with Gasteiger partial charge in [-0.25, -0.2) is 0 Å². The van der Waals surface area contributed by atoms with E-state index in [-0.39, 0.29) is 18.6 Å². The molecule has 2 rings (SSSR count). The van der Waals surface area contributed by atoms with Crippen LogP contribution in [0, 0.1) is 5.92 Å². The van der Waals surface area contributed by atoms with Crippen molar-refractivity contribution < 1.29 is 9.90 Å². The van der Waals surface area contributed by atoms with Crippen LogP contribution in [0.3, 0.4) is 0 Å². The normalized spacial score (nSPS) is 23.7. The maximum Gasteiger partial charge on any atom is 0.251 e. The van der Waals surface area contributed by atoms with Crippen molar-refractivity contribution in [1.29, 1.82) is 0 Å². The summed E-state index contributed by atoms with van der Waals surface area (Å²) >= 11 is 3.36. The van der Waals surface area contributed by atoms with Gasteiger partial charge in [-0.1, -0.05) is 28.4 Å². The zero-order valence-electron chi connectivity index (χ0n) is 10.2. The summed E-state index contributed by atoms with van der Waals surface area (Å²) in [5.74, 6) is 0.312. The molecule has 1 aliphatic carbocycles. The van der Waals surface area contributed by atoms with Gasteiger partial charge in [0.1, 0.15) is 0 Å². The molecule has 4 heteroatoms. The number of amides is 1. The highest BCUT2D eigenvalue weighted by Crippen LogP contribution is 2.24. The zero-order chi connectivity index (χ0) is 13.0. The molecule has 0 radical (unpaired) electrons. The van der Waals surface area contributed by atoms with Gasteiger partial charge in [0, 0.05) is 22.7 Å². The van der Waals surface area contributed by atoms with Gasteiger partial charge in [-0.15, -0.1) is 0 Å². The Morgan fingerprint density at radius 1 is 1.44 bits per heavy atom. The molecule has 18 heavy (non-hydrogen) atoms. The van der Waals surface area contributed by atoms with Crippen molar-refractivity contribution in [3.63, 3.8) is 0 Å². The average molecular weight is 312 g/mol. The van der Waals surface area contributed by atoms with Gasteiger partial charge in [0.25, 0.3) is 5.91 Å². The molecule has 1 fully saturated rings. The number of hydrogen-bond acceptors (Lipinski definition) is 2. The van der Waals surface area contributed by atoms with Gasteiger partial charge in [-0.3, -0.25) is 4.79 Å². The molecule has 98 valence electrons. The van der Waals surface area contributed by atoms with E-state index in [0.29, 0.717) is 11.5 Å². The monoisotopic (exact) mass is 311 g/mol. The molecular formula is C14H18BrNO2. The Bertz CT molecular complexity index is 422. The summed E-state index contributed by atoms with van der Waals surface area (Å²) in [6.45, 7) is 0.225. The number of benzene rings is 1. The van der Waals surface area contributed by atoms with Crippen LogP contribution >= 0.6 is 15.9 Å². The Balaban J connectivity index is 1.95. The van der Waals surface area contributed by atoms with Crippen LogP contribution in [0.5, 0.6) is 0 Å². The summed E-state index contributed by atoms with van der Waals surface area (Å²) in [5, 5.41) is 12.2. The number of carbonyl (C=O) groups excluding carboxylic acids is 1. The van der Waals surface area contributed by atoms with E-state index in [1.807, 2.05) is 24.3 Å².